The second-order valence-electron chi connectivity index (χ2n) is 5.02. The molecule has 3 rings (SSSR count). The number of hydrogen-bond acceptors (Lipinski definition) is 4. The van der Waals surface area contributed by atoms with E-state index in [1.165, 1.54) is 13.3 Å². The van der Waals surface area contributed by atoms with Gasteiger partial charge in [0, 0.05) is 12.2 Å². The van der Waals surface area contributed by atoms with Crippen LogP contribution in [0.15, 0.2) is 17.1 Å². The van der Waals surface area contributed by atoms with Crippen molar-refractivity contribution in [3.05, 3.63) is 33.9 Å². The molecule has 21 heavy (non-hydrogen) atoms. The van der Waals surface area contributed by atoms with Crippen molar-refractivity contribution in [3.63, 3.8) is 0 Å². The second kappa shape index (κ2) is 4.47. The standard InChI is InChI=1S/C14H13FN2O4/c1-21-13-10(16)9(15)4-7-11(13)17(6-2-3-6)5-8(12(7)18)14(19)20/h4-6H,2-3,16H2,1H3,(H,19,20). The van der Waals surface area contributed by atoms with Gasteiger partial charge < -0.3 is 20.1 Å². The number of nitrogen functional groups attached to an aromatic ring is 1. The predicted molar refractivity (Wildman–Crippen MR) is 74.4 cm³/mol. The van der Waals surface area contributed by atoms with Gasteiger partial charge in [0.1, 0.15) is 11.3 Å². The Balaban J connectivity index is 2.52. The lowest BCUT2D eigenvalue weighted by atomic mass is 10.1. The first-order valence-electron chi connectivity index (χ1n) is 6.39. The number of carboxylic acid groups (broad SMARTS) is 1. The van der Waals surface area contributed by atoms with Gasteiger partial charge in [-0.1, -0.05) is 0 Å². The van der Waals surface area contributed by atoms with Crippen molar-refractivity contribution in [1.82, 2.24) is 4.57 Å². The third-order valence-corrected chi connectivity index (χ3v) is 3.63. The van der Waals surface area contributed by atoms with Gasteiger partial charge in [-0.15, -0.1) is 0 Å². The molecule has 3 N–H and O–H groups in total. The van der Waals surface area contributed by atoms with Crippen LogP contribution in [0.25, 0.3) is 10.9 Å². The van der Waals surface area contributed by atoms with E-state index in [0.717, 1.165) is 18.9 Å². The Kier molecular flexibility index (Phi) is 2.86. The number of methoxy groups -OCH3 is 1. The number of nitrogens with zero attached hydrogens (tertiary/aromatic N) is 1. The third kappa shape index (κ3) is 1.93. The fourth-order valence-corrected chi connectivity index (χ4v) is 2.47. The molecule has 7 heteroatoms. The maximum absolute atomic E-state index is 13.9. The van der Waals surface area contributed by atoms with Gasteiger partial charge in [-0.25, -0.2) is 9.18 Å². The molecule has 0 bridgehead atoms. The lowest BCUT2D eigenvalue weighted by Gasteiger charge is -2.16. The molecule has 110 valence electrons. The van der Waals surface area contributed by atoms with E-state index in [9.17, 15) is 14.0 Å². The van der Waals surface area contributed by atoms with Gasteiger partial charge >= 0.3 is 5.97 Å². The predicted octanol–water partition coefficient (Wildman–Crippen LogP) is 1.76. The van der Waals surface area contributed by atoms with Gasteiger partial charge in [-0.05, 0) is 18.9 Å². The zero-order chi connectivity index (χ0) is 15.3. The van der Waals surface area contributed by atoms with Crippen molar-refractivity contribution in [2.24, 2.45) is 0 Å². The number of anilines is 1. The van der Waals surface area contributed by atoms with E-state index in [1.807, 2.05) is 0 Å². The number of hydrogen-bond donors (Lipinski definition) is 2. The average Bonchev–Trinajstić information content (AvgIpc) is 3.26. The number of nitrogens with two attached hydrogens (primary N) is 1. The highest BCUT2D eigenvalue weighted by molar-refractivity contribution is 5.96. The molecule has 1 aromatic heterocycles. The van der Waals surface area contributed by atoms with Crippen molar-refractivity contribution in [2.45, 2.75) is 18.9 Å². The maximum Gasteiger partial charge on any atom is 0.341 e. The van der Waals surface area contributed by atoms with Crippen LogP contribution in [0.3, 0.4) is 0 Å². The van der Waals surface area contributed by atoms with Crippen LogP contribution in [-0.2, 0) is 0 Å². The van der Waals surface area contributed by atoms with Crippen molar-refractivity contribution in [3.8, 4) is 5.75 Å². The van der Waals surface area contributed by atoms with Gasteiger partial charge in [-0.3, -0.25) is 4.79 Å². The zero-order valence-electron chi connectivity index (χ0n) is 11.2. The SMILES string of the molecule is COc1c(N)c(F)cc2c(=O)c(C(=O)O)cn(C3CC3)c12. The van der Waals surface area contributed by atoms with Gasteiger partial charge in [-0.2, -0.15) is 0 Å². The number of carboxylic acids is 1. The van der Waals surface area contributed by atoms with E-state index in [4.69, 9.17) is 15.6 Å². The summed E-state index contributed by atoms with van der Waals surface area (Å²) >= 11 is 0. The summed E-state index contributed by atoms with van der Waals surface area (Å²) in [5.74, 6) is -2.08. The Hall–Kier alpha value is -2.57. The summed E-state index contributed by atoms with van der Waals surface area (Å²) in [6.45, 7) is 0. The minimum atomic E-state index is -1.34. The van der Waals surface area contributed by atoms with Gasteiger partial charge in [0.25, 0.3) is 0 Å². The monoisotopic (exact) mass is 292 g/mol. The minimum Gasteiger partial charge on any atom is -0.492 e. The first-order chi connectivity index (χ1) is 9.95. The molecule has 1 heterocycles. The smallest absolute Gasteiger partial charge is 0.341 e. The van der Waals surface area contributed by atoms with E-state index in [1.54, 1.807) is 4.57 Å². The molecule has 1 fully saturated rings. The summed E-state index contributed by atoms with van der Waals surface area (Å²) in [6.07, 6.45) is 3.00. The molecule has 0 atom stereocenters. The summed E-state index contributed by atoms with van der Waals surface area (Å²) < 4.78 is 20.6. The molecule has 1 aliphatic rings. The van der Waals surface area contributed by atoms with Crippen LogP contribution < -0.4 is 15.9 Å². The highest BCUT2D eigenvalue weighted by atomic mass is 19.1. The molecular weight excluding hydrogens is 279 g/mol. The Morgan fingerprint density at radius 2 is 2.19 bits per heavy atom. The number of carbonyl (C=O) groups is 1. The molecule has 0 radical (unpaired) electrons. The number of aromatic carboxylic acids is 1. The first-order valence-corrected chi connectivity index (χ1v) is 6.39. The molecular formula is C14H13FN2O4. The first kappa shape index (κ1) is 13.4. The Labute approximate surface area is 118 Å². The number of aromatic nitrogens is 1. The molecule has 2 aromatic rings. The normalized spacial score (nSPS) is 14.4. The number of halogens is 1. The van der Waals surface area contributed by atoms with E-state index < -0.39 is 17.2 Å². The van der Waals surface area contributed by atoms with Crippen LogP contribution >= 0.6 is 0 Å². The van der Waals surface area contributed by atoms with Crippen LogP contribution in [0.4, 0.5) is 10.1 Å². The molecule has 0 unspecified atom stereocenters. The second-order valence-corrected chi connectivity index (χ2v) is 5.02. The number of ether oxygens (including phenoxy) is 1. The molecule has 1 aliphatic carbocycles. The van der Waals surface area contributed by atoms with Crippen molar-refractivity contribution in [1.29, 1.82) is 0 Å². The highest BCUT2D eigenvalue weighted by Gasteiger charge is 2.29. The number of rotatable bonds is 3. The minimum absolute atomic E-state index is 0.0367. The molecule has 1 saturated carbocycles. The van der Waals surface area contributed by atoms with Crippen LogP contribution in [0.2, 0.25) is 0 Å². The summed E-state index contributed by atoms with van der Waals surface area (Å²) in [4.78, 5) is 23.4. The molecule has 0 aliphatic heterocycles. The lowest BCUT2D eigenvalue weighted by Crippen LogP contribution is -2.19. The Morgan fingerprint density at radius 1 is 1.52 bits per heavy atom. The van der Waals surface area contributed by atoms with Gasteiger partial charge in [0.15, 0.2) is 11.6 Å². The lowest BCUT2D eigenvalue weighted by molar-refractivity contribution is 0.0695. The van der Waals surface area contributed by atoms with Crippen molar-refractivity contribution in [2.75, 3.05) is 12.8 Å². The molecule has 0 saturated heterocycles. The van der Waals surface area contributed by atoms with Crippen LogP contribution in [0.5, 0.6) is 5.75 Å². The van der Waals surface area contributed by atoms with E-state index in [2.05, 4.69) is 0 Å². The van der Waals surface area contributed by atoms with Crippen molar-refractivity contribution >= 4 is 22.6 Å². The summed E-state index contributed by atoms with van der Waals surface area (Å²) in [5, 5.41) is 9.10. The van der Waals surface area contributed by atoms with Gasteiger partial charge in [0.2, 0.25) is 5.43 Å². The fraction of sp³-hybridized carbons (Fsp3) is 0.286. The van der Waals surface area contributed by atoms with Gasteiger partial charge in [0.05, 0.1) is 18.0 Å². The molecule has 1 aromatic carbocycles. The van der Waals surface area contributed by atoms with Crippen LogP contribution in [0, 0.1) is 5.82 Å². The summed E-state index contributed by atoms with van der Waals surface area (Å²) in [6, 6.07) is 1.05. The quantitative estimate of drug-likeness (QED) is 0.841. The maximum atomic E-state index is 13.9. The van der Waals surface area contributed by atoms with E-state index in [-0.39, 0.29) is 28.4 Å². The number of benzene rings is 1. The summed E-state index contributed by atoms with van der Waals surface area (Å²) in [7, 11) is 1.33. The average molecular weight is 292 g/mol. The fourth-order valence-electron chi connectivity index (χ4n) is 2.47. The third-order valence-electron chi connectivity index (χ3n) is 3.63. The van der Waals surface area contributed by atoms with Crippen LogP contribution in [0.1, 0.15) is 29.2 Å². The topological polar surface area (TPSA) is 94.6 Å². The molecule has 0 amide bonds. The van der Waals surface area contributed by atoms with E-state index in [0.29, 0.717) is 5.52 Å². The Morgan fingerprint density at radius 3 is 2.71 bits per heavy atom. The van der Waals surface area contributed by atoms with E-state index >= 15 is 0 Å². The molecule has 6 nitrogen and oxygen atoms in total. The van der Waals surface area contributed by atoms with Crippen LogP contribution in [-0.4, -0.2) is 22.8 Å². The number of fused-ring (bicyclic) bond motifs is 1. The highest BCUT2D eigenvalue weighted by Crippen LogP contribution is 2.41. The molecule has 0 spiro atoms. The zero-order valence-corrected chi connectivity index (χ0v) is 11.2. The number of pyridine rings is 1. The van der Waals surface area contributed by atoms with Crippen molar-refractivity contribution < 1.29 is 19.0 Å². The Bertz CT molecular complexity index is 824. The summed E-state index contributed by atoms with van der Waals surface area (Å²) in [5.41, 5.74) is 4.68. The largest absolute Gasteiger partial charge is 0.492 e.